The molecule has 7 rings (SSSR count). The van der Waals surface area contributed by atoms with Gasteiger partial charge in [-0.05, 0) is 62.5 Å². The molecule has 356 valence electrons. The second-order valence-corrected chi connectivity index (χ2v) is 39.9. The lowest BCUT2D eigenvalue weighted by Crippen LogP contribution is -2.81. The second kappa shape index (κ2) is 18.1. The summed E-state index contributed by atoms with van der Waals surface area (Å²) in [5, 5.41) is 3.41. The van der Waals surface area contributed by atoms with Gasteiger partial charge in [0.05, 0.1) is 10.6 Å². The first kappa shape index (κ1) is 51.2. The Labute approximate surface area is 369 Å². The summed E-state index contributed by atoms with van der Waals surface area (Å²) in [6.45, 7) is 10.8. The second-order valence-electron chi connectivity index (χ2n) is 16.6. The molecule has 0 unspecified atom stereocenters. The molecule has 0 atom stereocenters. The molecule has 0 aromatic heterocycles. The van der Waals surface area contributed by atoms with E-state index in [2.05, 4.69) is 86.9 Å². The Balaban J connectivity index is 0.000000279. The molecular formula is C43H28BF20PSi2. The molecular weight excluding hydrogens is 994 g/mol. The first-order valence-corrected chi connectivity index (χ1v) is 29.2. The summed E-state index contributed by atoms with van der Waals surface area (Å²) in [7, 11) is -2.63. The van der Waals surface area contributed by atoms with Gasteiger partial charge < -0.3 is 0 Å². The van der Waals surface area contributed by atoms with Crippen molar-refractivity contribution in [3.63, 3.8) is 0 Å². The minimum absolute atomic E-state index is 1.22. The molecule has 0 N–H and O–H groups in total. The third-order valence-corrected chi connectivity index (χ3v) is 47.6. The largest absolute Gasteiger partial charge is 0.222 e. The fourth-order valence-corrected chi connectivity index (χ4v) is 53.7. The summed E-state index contributed by atoms with van der Waals surface area (Å²) < 4.78 is 294. The van der Waals surface area contributed by atoms with Gasteiger partial charge in [-0.15, -0.1) is 21.9 Å². The highest BCUT2D eigenvalue weighted by Crippen LogP contribution is 2.75. The van der Waals surface area contributed by atoms with Gasteiger partial charge in [-0.25, -0.2) is 87.8 Å². The normalized spacial score (nSPS) is 15.3. The Morgan fingerprint density at radius 2 is 0.478 bits per heavy atom. The van der Waals surface area contributed by atoms with E-state index in [0.29, 0.717) is 0 Å². The van der Waals surface area contributed by atoms with Crippen LogP contribution < -0.4 is 32.5 Å². The van der Waals surface area contributed by atoms with Gasteiger partial charge in [0.15, 0.2) is 69.8 Å². The molecule has 0 nitrogen and oxygen atoms in total. The van der Waals surface area contributed by atoms with Crippen LogP contribution in [0.3, 0.4) is 0 Å². The lowest BCUT2D eigenvalue weighted by atomic mass is 9.12. The lowest BCUT2D eigenvalue weighted by molar-refractivity contribution is 0.378. The van der Waals surface area contributed by atoms with Crippen molar-refractivity contribution >= 4 is 60.4 Å². The van der Waals surface area contributed by atoms with Gasteiger partial charge >= 0.3 is 0 Å². The molecule has 1 fully saturated rings. The predicted molar refractivity (Wildman–Crippen MR) is 217 cm³/mol. The standard InChI is InChI=1S/C24BF20.C19H28PSi2/c26-5-1(6(27)14(35)21(42)13(5)34)25(2-7(28)15(36)22(43)16(37)8(2)29,3-9(30)17(38)23(44)18(39)10(3)31)4-11(32)19(40)24(45)20(41)12(4)33;1-21(2)16-11-17-22(3,4)20(21,18-12-7-5-8-13-18)19-14-9-6-10-15-19/h;5-10,12-15H,11,16-17H2,1-4H3/q-1;+1. The molecule has 1 aliphatic rings. The minimum Gasteiger partial charge on any atom is -0.207 e. The van der Waals surface area contributed by atoms with E-state index in [1.165, 1.54) is 18.5 Å². The molecule has 0 saturated carbocycles. The molecule has 0 bridgehead atoms. The SMILES string of the molecule is C[Si]1(C)CCC[Si](C)(C)[P+]1(c1ccccc1)c1ccccc1.Fc1c(F)c(F)c([B-](c2c(F)c(F)c(F)c(F)c2F)(c2c(F)c(F)c(F)c(F)c2F)c2c(F)c(F)c(F)c(F)c2F)c(F)c1F. The van der Waals surface area contributed by atoms with Crippen molar-refractivity contribution < 1.29 is 87.8 Å². The highest BCUT2D eigenvalue weighted by Gasteiger charge is 2.68. The van der Waals surface area contributed by atoms with Gasteiger partial charge in [0.2, 0.25) is 15.5 Å². The Morgan fingerprint density at radius 1 is 0.299 bits per heavy atom. The Morgan fingerprint density at radius 3 is 0.672 bits per heavy atom. The van der Waals surface area contributed by atoms with Crippen LogP contribution in [0.25, 0.3) is 0 Å². The van der Waals surface area contributed by atoms with E-state index in [0.717, 1.165) is 0 Å². The summed E-state index contributed by atoms with van der Waals surface area (Å²) >= 11 is 0. The topological polar surface area (TPSA) is 0 Å². The van der Waals surface area contributed by atoms with E-state index in [9.17, 15) is 52.7 Å². The molecule has 0 radical (unpaired) electrons. The fraction of sp³-hybridized carbons (Fsp3) is 0.163. The fourth-order valence-electron chi connectivity index (χ4n) is 9.83. The summed E-state index contributed by atoms with van der Waals surface area (Å²) in [6, 6.07) is 26.2. The van der Waals surface area contributed by atoms with Crippen molar-refractivity contribution in [1.29, 1.82) is 0 Å². The van der Waals surface area contributed by atoms with Crippen LogP contribution in [0.5, 0.6) is 0 Å². The van der Waals surface area contributed by atoms with Crippen molar-refractivity contribution in [2.45, 2.75) is 44.7 Å². The van der Waals surface area contributed by atoms with Crippen LogP contribution in [0.2, 0.25) is 38.3 Å². The highest BCUT2D eigenvalue weighted by molar-refractivity contribution is 8.38. The van der Waals surface area contributed by atoms with Gasteiger partial charge in [-0.3, -0.25) is 0 Å². The van der Waals surface area contributed by atoms with Gasteiger partial charge in [0.1, 0.15) is 52.7 Å². The summed E-state index contributed by atoms with van der Waals surface area (Å²) in [5.74, 6) is -71.4. The average molecular weight is 1020 g/mol. The average Bonchev–Trinajstić information content (AvgIpc) is 3.29. The molecule has 67 heavy (non-hydrogen) atoms. The van der Waals surface area contributed by atoms with Crippen LogP contribution >= 0.6 is 6.36 Å². The molecule has 0 aliphatic carbocycles. The molecule has 6 aromatic rings. The van der Waals surface area contributed by atoms with Crippen molar-refractivity contribution in [3.8, 4) is 0 Å². The zero-order valence-corrected chi connectivity index (χ0v) is 37.4. The summed E-state index contributed by atoms with van der Waals surface area (Å²) in [4.78, 5) is 0. The van der Waals surface area contributed by atoms with E-state index in [1.807, 2.05) is 0 Å². The molecule has 1 heterocycles. The minimum atomic E-state index is -7.22. The summed E-state index contributed by atoms with van der Waals surface area (Å²) in [6.07, 6.45) is -6.97. The van der Waals surface area contributed by atoms with Crippen molar-refractivity contribution in [2.75, 3.05) is 0 Å². The first-order valence-electron chi connectivity index (χ1n) is 19.4. The van der Waals surface area contributed by atoms with Gasteiger partial charge in [-0.2, -0.15) is 0 Å². The maximum Gasteiger partial charge on any atom is 0.222 e. The van der Waals surface area contributed by atoms with Crippen molar-refractivity contribution in [1.82, 2.24) is 0 Å². The first-order chi connectivity index (χ1) is 31.1. The molecule has 0 spiro atoms. The zero-order chi connectivity index (χ0) is 50.2. The van der Waals surface area contributed by atoms with E-state index in [4.69, 9.17) is 0 Å². The summed E-state index contributed by atoms with van der Waals surface area (Å²) in [5.41, 5.74) is -14.3. The number of benzene rings is 6. The van der Waals surface area contributed by atoms with Gasteiger partial charge in [-0.1, -0.05) is 42.8 Å². The lowest BCUT2D eigenvalue weighted by Gasteiger charge is -2.51. The number of halogens is 20. The smallest absolute Gasteiger partial charge is 0.207 e. The van der Waals surface area contributed by atoms with Crippen LogP contribution in [0.4, 0.5) is 87.8 Å². The Kier molecular flexibility index (Phi) is 13.8. The van der Waals surface area contributed by atoms with Crippen molar-refractivity contribution in [2.24, 2.45) is 0 Å². The van der Waals surface area contributed by atoms with Gasteiger partial charge in [0, 0.05) is 6.36 Å². The highest BCUT2D eigenvalue weighted by atomic mass is 31.7. The van der Waals surface area contributed by atoms with Crippen LogP contribution in [0.1, 0.15) is 6.42 Å². The third kappa shape index (κ3) is 7.39. The Hall–Kier alpha value is -5.15. The zero-order valence-electron chi connectivity index (χ0n) is 34.5. The van der Waals surface area contributed by atoms with Crippen LogP contribution in [0.15, 0.2) is 60.7 Å². The predicted octanol–water partition coefficient (Wildman–Crippen LogP) is 11.3. The molecule has 24 heteroatoms. The quantitative estimate of drug-likeness (QED) is 0.0513. The maximum absolute atomic E-state index is 15.4. The van der Waals surface area contributed by atoms with Crippen molar-refractivity contribution in [3.05, 3.63) is 177 Å². The molecule has 1 saturated heterocycles. The molecule has 6 aromatic carbocycles. The van der Waals surface area contributed by atoms with Crippen LogP contribution in [-0.4, -0.2) is 21.6 Å². The monoisotopic (exact) mass is 1020 g/mol. The maximum atomic E-state index is 15.4. The number of hydrogen-bond acceptors (Lipinski definition) is 0. The van der Waals surface area contributed by atoms with E-state index in [-0.39, 0.29) is 0 Å². The third-order valence-electron chi connectivity index (χ3n) is 12.4. The number of rotatable bonds is 6. The van der Waals surface area contributed by atoms with Gasteiger partial charge in [0.25, 0.3) is 0 Å². The number of hydrogen-bond donors (Lipinski definition) is 0. The van der Waals surface area contributed by atoms with Crippen LogP contribution in [-0.2, 0) is 0 Å². The molecule has 0 amide bonds. The van der Waals surface area contributed by atoms with Crippen LogP contribution in [0, 0.1) is 116 Å². The molecule has 1 aliphatic heterocycles. The van der Waals surface area contributed by atoms with E-state index in [1.54, 1.807) is 10.6 Å². The van der Waals surface area contributed by atoms with E-state index >= 15 is 35.1 Å². The van der Waals surface area contributed by atoms with E-state index < -0.39 is 166 Å². The Bertz CT molecular complexity index is 2510.